The SMILES string of the molecule is COc1cccc(OC)c1-n1c(-c2ccc(F)c(C)c2)nc(=O)c(C(=O)N2CCC(c3ncccc3F)C2)c1O. The lowest BCUT2D eigenvalue weighted by atomic mass is 10.0. The fraction of sp³-hybridized carbons (Fsp3) is 0.241. The van der Waals surface area contributed by atoms with Gasteiger partial charge in [0, 0.05) is 30.8 Å². The maximum Gasteiger partial charge on any atom is 0.290 e. The molecule has 1 fully saturated rings. The number of halogens is 2. The lowest BCUT2D eigenvalue weighted by molar-refractivity contribution is 0.0784. The van der Waals surface area contributed by atoms with Crippen LogP contribution in [0.5, 0.6) is 17.4 Å². The van der Waals surface area contributed by atoms with E-state index in [2.05, 4.69) is 9.97 Å². The van der Waals surface area contributed by atoms with Gasteiger partial charge < -0.3 is 19.5 Å². The Morgan fingerprint density at radius 2 is 1.77 bits per heavy atom. The number of nitrogens with zero attached hydrogens (tertiary/aromatic N) is 4. The summed E-state index contributed by atoms with van der Waals surface area (Å²) in [5.74, 6) is -2.32. The Morgan fingerprint density at radius 3 is 2.42 bits per heavy atom. The second kappa shape index (κ2) is 10.8. The highest BCUT2D eigenvalue weighted by molar-refractivity contribution is 5.97. The molecule has 40 heavy (non-hydrogen) atoms. The molecule has 2 aromatic carbocycles. The van der Waals surface area contributed by atoms with Gasteiger partial charge in [-0.15, -0.1) is 0 Å². The molecule has 2 aromatic heterocycles. The molecule has 0 spiro atoms. The van der Waals surface area contributed by atoms with Crippen molar-refractivity contribution in [3.8, 4) is 34.5 Å². The predicted octanol–water partition coefficient (Wildman–Crippen LogP) is 4.23. The molecule has 1 aliphatic rings. The van der Waals surface area contributed by atoms with Crippen LogP contribution in [0.4, 0.5) is 8.78 Å². The molecule has 9 nitrogen and oxygen atoms in total. The van der Waals surface area contributed by atoms with Crippen molar-refractivity contribution in [3.63, 3.8) is 0 Å². The number of carbonyl (C=O) groups is 1. The van der Waals surface area contributed by atoms with Crippen LogP contribution in [0.3, 0.4) is 0 Å². The molecule has 1 N–H and O–H groups in total. The van der Waals surface area contributed by atoms with Crippen LogP contribution in [0.15, 0.2) is 59.5 Å². The predicted molar refractivity (Wildman–Crippen MR) is 142 cm³/mol. The molecular formula is C29H26F2N4O5. The number of methoxy groups -OCH3 is 2. The molecule has 3 heterocycles. The van der Waals surface area contributed by atoms with E-state index in [-0.39, 0.29) is 53.3 Å². The third kappa shape index (κ3) is 4.63. The highest BCUT2D eigenvalue weighted by Crippen LogP contribution is 2.39. The third-order valence-corrected chi connectivity index (χ3v) is 6.97. The number of amides is 1. The molecular weight excluding hydrogens is 522 g/mol. The summed E-state index contributed by atoms with van der Waals surface area (Å²) in [4.78, 5) is 36.7. The minimum atomic E-state index is -0.975. The molecule has 0 aliphatic carbocycles. The fourth-order valence-corrected chi connectivity index (χ4v) is 4.96. The smallest absolute Gasteiger partial charge is 0.290 e. The van der Waals surface area contributed by atoms with E-state index in [0.29, 0.717) is 12.0 Å². The quantitative estimate of drug-likeness (QED) is 0.384. The Hall–Kier alpha value is -4.80. The van der Waals surface area contributed by atoms with Crippen molar-refractivity contribution >= 4 is 5.91 Å². The summed E-state index contributed by atoms with van der Waals surface area (Å²) in [7, 11) is 2.83. The van der Waals surface area contributed by atoms with Crippen molar-refractivity contribution in [2.24, 2.45) is 0 Å². The van der Waals surface area contributed by atoms with Crippen LogP contribution in [0.25, 0.3) is 17.1 Å². The summed E-state index contributed by atoms with van der Waals surface area (Å²) in [6.45, 7) is 1.87. The van der Waals surface area contributed by atoms with Crippen LogP contribution < -0.4 is 15.0 Å². The molecule has 1 saturated heterocycles. The van der Waals surface area contributed by atoms with Gasteiger partial charge in [-0.1, -0.05) is 6.07 Å². The van der Waals surface area contributed by atoms with Crippen LogP contribution in [0, 0.1) is 18.6 Å². The molecule has 4 aromatic rings. The first-order chi connectivity index (χ1) is 19.2. The zero-order chi connectivity index (χ0) is 28.6. The van der Waals surface area contributed by atoms with Gasteiger partial charge in [-0.2, -0.15) is 4.98 Å². The molecule has 1 amide bonds. The first kappa shape index (κ1) is 26.8. The Balaban J connectivity index is 1.68. The fourth-order valence-electron chi connectivity index (χ4n) is 4.96. The van der Waals surface area contributed by atoms with Gasteiger partial charge in [-0.05, 0) is 61.4 Å². The minimum Gasteiger partial charge on any atom is -0.494 e. The number of para-hydroxylation sites is 1. The summed E-state index contributed by atoms with van der Waals surface area (Å²) in [5, 5.41) is 11.6. The second-order valence-corrected chi connectivity index (χ2v) is 9.36. The lowest BCUT2D eigenvalue weighted by Crippen LogP contribution is -2.34. The van der Waals surface area contributed by atoms with Crippen molar-refractivity contribution in [1.29, 1.82) is 0 Å². The highest BCUT2D eigenvalue weighted by Gasteiger charge is 2.35. The van der Waals surface area contributed by atoms with Crippen molar-refractivity contribution < 1.29 is 28.2 Å². The monoisotopic (exact) mass is 548 g/mol. The number of carbonyl (C=O) groups excluding carboxylic acids is 1. The second-order valence-electron chi connectivity index (χ2n) is 9.36. The molecule has 1 unspecified atom stereocenters. The number of aryl methyl sites for hydroxylation is 1. The normalized spacial score (nSPS) is 14.8. The Labute approximate surface area is 228 Å². The number of ether oxygens (including phenoxy) is 2. The van der Waals surface area contributed by atoms with Crippen molar-refractivity contribution in [2.45, 2.75) is 19.3 Å². The molecule has 0 radical (unpaired) electrons. The zero-order valence-corrected chi connectivity index (χ0v) is 22.0. The van der Waals surface area contributed by atoms with E-state index in [4.69, 9.17) is 9.47 Å². The number of benzene rings is 2. The number of aromatic hydroxyl groups is 1. The first-order valence-electron chi connectivity index (χ1n) is 12.5. The molecule has 11 heteroatoms. The van der Waals surface area contributed by atoms with Gasteiger partial charge in [0.15, 0.2) is 11.4 Å². The number of pyridine rings is 1. The van der Waals surface area contributed by atoms with E-state index in [1.165, 1.54) is 60.2 Å². The van der Waals surface area contributed by atoms with Gasteiger partial charge in [-0.25, -0.2) is 8.78 Å². The highest BCUT2D eigenvalue weighted by atomic mass is 19.1. The number of hydrogen-bond donors (Lipinski definition) is 1. The van der Waals surface area contributed by atoms with Gasteiger partial charge >= 0.3 is 0 Å². The summed E-state index contributed by atoms with van der Waals surface area (Å²) in [5.41, 5.74) is -0.536. The summed E-state index contributed by atoms with van der Waals surface area (Å²) >= 11 is 0. The van der Waals surface area contributed by atoms with Gasteiger partial charge in [0.2, 0.25) is 5.88 Å². The van der Waals surface area contributed by atoms with Crippen LogP contribution in [0.1, 0.15) is 34.0 Å². The van der Waals surface area contributed by atoms with Gasteiger partial charge in [0.1, 0.15) is 28.8 Å². The van der Waals surface area contributed by atoms with E-state index in [9.17, 15) is 23.5 Å². The van der Waals surface area contributed by atoms with E-state index in [1.54, 1.807) is 25.1 Å². The maximum absolute atomic E-state index is 14.3. The average molecular weight is 549 g/mol. The minimum absolute atomic E-state index is 0.0557. The zero-order valence-electron chi connectivity index (χ0n) is 22.0. The summed E-state index contributed by atoms with van der Waals surface area (Å²) in [6.07, 6.45) is 1.91. The van der Waals surface area contributed by atoms with E-state index in [1.807, 2.05) is 0 Å². The van der Waals surface area contributed by atoms with Gasteiger partial charge in [0.25, 0.3) is 11.5 Å². The van der Waals surface area contributed by atoms with Crippen molar-refractivity contribution in [2.75, 3.05) is 27.3 Å². The van der Waals surface area contributed by atoms with E-state index < -0.39 is 34.5 Å². The third-order valence-electron chi connectivity index (χ3n) is 6.97. The molecule has 206 valence electrons. The van der Waals surface area contributed by atoms with Crippen LogP contribution >= 0.6 is 0 Å². The molecule has 1 atom stereocenters. The summed E-state index contributed by atoms with van der Waals surface area (Å²) in [6, 6.07) is 11.8. The Morgan fingerprint density at radius 1 is 1.05 bits per heavy atom. The van der Waals surface area contributed by atoms with Gasteiger partial charge in [0.05, 0.1) is 19.9 Å². The molecule has 0 saturated carbocycles. The van der Waals surface area contributed by atoms with Gasteiger partial charge in [-0.3, -0.25) is 19.1 Å². The van der Waals surface area contributed by atoms with E-state index >= 15 is 0 Å². The number of rotatable bonds is 6. The molecule has 0 bridgehead atoms. The van der Waals surface area contributed by atoms with Crippen molar-refractivity contribution in [3.05, 3.63) is 93.5 Å². The molecule has 5 rings (SSSR count). The van der Waals surface area contributed by atoms with Crippen molar-refractivity contribution in [1.82, 2.24) is 19.4 Å². The van der Waals surface area contributed by atoms with E-state index in [0.717, 1.165) is 0 Å². The topological polar surface area (TPSA) is 107 Å². The standard InChI is InChI=1S/C29H26F2N4O5/c1-16-14-17(9-10-19(16)30)26-33-27(36)23(29(38)35(26)25-21(39-2)7-4-8-22(25)40-3)28(37)34-13-11-18(15-34)24-20(31)6-5-12-32-24/h4-10,12,14,18,38H,11,13,15H2,1-3H3. The summed E-state index contributed by atoms with van der Waals surface area (Å²) < 4.78 is 40.7. The van der Waals surface area contributed by atoms with Crippen LogP contribution in [0.2, 0.25) is 0 Å². The largest absolute Gasteiger partial charge is 0.494 e. The molecule has 1 aliphatic heterocycles. The maximum atomic E-state index is 14.3. The number of aromatic nitrogens is 3. The first-order valence-corrected chi connectivity index (χ1v) is 12.5. The Kier molecular flexibility index (Phi) is 7.20. The Bertz CT molecular complexity index is 1650. The number of hydrogen-bond acceptors (Lipinski definition) is 7. The number of likely N-dealkylation sites (tertiary alicyclic amines) is 1. The lowest BCUT2D eigenvalue weighted by Gasteiger charge is -2.22. The average Bonchev–Trinajstić information content (AvgIpc) is 3.44. The van der Waals surface area contributed by atoms with Crippen LogP contribution in [-0.2, 0) is 0 Å². The van der Waals surface area contributed by atoms with Crippen LogP contribution in [-0.4, -0.2) is 57.8 Å².